The quantitative estimate of drug-likeness (QED) is 0.433. The van der Waals surface area contributed by atoms with Crippen molar-refractivity contribution < 1.29 is 24.9 Å². The van der Waals surface area contributed by atoms with Crippen LogP contribution in [0.15, 0.2) is 42.5 Å². The van der Waals surface area contributed by atoms with Crippen LogP contribution in [-0.2, 0) is 17.6 Å². The normalized spacial score (nSPS) is 12.2. The Labute approximate surface area is 168 Å². The first-order chi connectivity index (χ1) is 13.9. The molecule has 29 heavy (non-hydrogen) atoms. The summed E-state index contributed by atoms with van der Waals surface area (Å²) in [6, 6.07) is 13.4. The largest absolute Gasteiger partial charge is 0.481 e. The molecule has 1 heterocycles. The van der Waals surface area contributed by atoms with E-state index in [-0.39, 0.29) is 12.0 Å². The summed E-state index contributed by atoms with van der Waals surface area (Å²) in [6.45, 7) is 1.75. The number of aliphatic hydroxyl groups excluding tert-OH is 1. The van der Waals surface area contributed by atoms with E-state index in [1.165, 1.54) is 0 Å². The smallest absolute Gasteiger partial charge is 0.335 e. The number of carboxylic acid groups (broad SMARTS) is 2. The van der Waals surface area contributed by atoms with E-state index in [1.807, 2.05) is 30.3 Å². The molecule has 3 aromatic rings. The third-order valence-corrected chi connectivity index (χ3v) is 5.22. The number of aromatic amines is 1. The average Bonchev–Trinajstić information content (AvgIpc) is 3.03. The fourth-order valence-electron chi connectivity index (χ4n) is 3.72. The molecule has 0 aliphatic rings. The minimum absolute atomic E-state index is 0.00108. The Morgan fingerprint density at radius 2 is 1.79 bits per heavy atom. The van der Waals surface area contributed by atoms with Gasteiger partial charge in [-0.2, -0.15) is 0 Å². The molecule has 0 spiro atoms. The average molecular weight is 395 g/mol. The maximum atomic E-state index is 11.6. The Hall–Kier alpha value is -3.12. The molecule has 0 radical (unpaired) electrons. The van der Waals surface area contributed by atoms with Crippen LogP contribution in [0, 0.1) is 6.92 Å². The van der Waals surface area contributed by atoms with E-state index in [0.29, 0.717) is 30.5 Å². The number of aliphatic carboxylic acids is 1. The zero-order valence-electron chi connectivity index (χ0n) is 16.3. The van der Waals surface area contributed by atoms with Crippen molar-refractivity contribution in [2.75, 3.05) is 0 Å². The molecule has 4 N–H and O–H groups in total. The molecule has 1 atom stereocenters. The minimum Gasteiger partial charge on any atom is -0.481 e. The fourth-order valence-corrected chi connectivity index (χ4v) is 3.72. The number of H-pyrrole nitrogens is 1. The number of aromatic carboxylic acids is 1. The van der Waals surface area contributed by atoms with Gasteiger partial charge in [0.15, 0.2) is 0 Å². The molecule has 1 unspecified atom stereocenters. The van der Waals surface area contributed by atoms with Gasteiger partial charge < -0.3 is 20.3 Å². The Morgan fingerprint density at radius 1 is 1.07 bits per heavy atom. The molecule has 0 aliphatic carbocycles. The lowest BCUT2D eigenvalue weighted by molar-refractivity contribution is -0.137. The molecule has 1 aromatic heterocycles. The van der Waals surface area contributed by atoms with Gasteiger partial charge in [-0.05, 0) is 61.4 Å². The topological polar surface area (TPSA) is 111 Å². The number of aliphatic hydroxyl groups is 1. The number of aryl methyl sites for hydroxylation is 3. The van der Waals surface area contributed by atoms with Gasteiger partial charge in [-0.1, -0.05) is 30.3 Å². The number of hydrogen-bond donors (Lipinski definition) is 4. The summed E-state index contributed by atoms with van der Waals surface area (Å²) < 4.78 is 0. The first-order valence-electron chi connectivity index (χ1n) is 9.69. The second-order valence-electron chi connectivity index (χ2n) is 7.32. The van der Waals surface area contributed by atoms with E-state index in [2.05, 4.69) is 4.98 Å². The molecule has 6 nitrogen and oxygen atoms in total. The maximum Gasteiger partial charge on any atom is 0.335 e. The summed E-state index contributed by atoms with van der Waals surface area (Å²) in [5.74, 6) is -1.87. The molecule has 6 heteroatoms. The number of nitrogens with one attached hydrogen (secondary N) is 1. The van der Waals surface area contributed by atoms with Crippen molar-refractivity contribution in [3.63, 3.8) is 0 Å². The molecule has 0 amide bonds. The van der Waals surface area contributed by atoms with Crippen LogP contribution in [-0.4, -0.2) is 32.2 Å². The van der Waals surface area contributed by atoms with E-state index < -0.39 is 18.0 Å². The van der Waals surface area contributed by atoms with E-state index in [0.717, 1.165) is 28.5 Å². The third kappa shape index (κ3) is 4.84. The van der Waals surface area contributed by atoms with Gasteiger partial charge >= 0.3 is 11.9 Å². The zero-order chi connectivity index (χ0) is 21.0. The van der Waals surface area contributed by atoms with Crippen molar-refractivity contribution in [3.05, 3.63) is 70.4 Å². The van der Waals surface area contributed by atoms with Crippen LogP contribution in [0.4, 0.5) is 0 Å². The highest BCUT2D eigenvalue weighted by molar-refractivity contribution is 5.97. The fraction of sp³-hybridized carbons (Fsp3) is 0.304. The molecule has 0 bridgehead atoms. The summed E-state index contributed by atoms with van der Waals surface area (Å²) in [6.07, 6.45) is 1.24. The Bertz CT molecular complexity index is 1020. The van der Waals surface area contributed by atoms with E-state index in [9.17, 15) is 19.8 Å². The number of carboxylic acids is 2. The van der Waals surface area contributed by atoms with Gasteiger partial charge in [0.05, 0.1) is 11.7 Å². The van der Waals surface area contributed by atoms with Gasteiger partial charge in [0.1, 0.15) is 0 Å². The first-order valence-corrected chi connectivity index (χ1v) is 9.69. The van der Waals surface area contributed by atoms with Crippen molar-refractivity contribution in [1.29, 1.82) is 0 Å². The number of fused-ring (bicyclic) bond motifs is 1. The van der Waals surface area contributed by atoms with Crippen LogP contribution >= 0.6 is 0 Å². The molecule has 0 fully saturated rings. The molecule has 0 aliphatic heterocycles. The van der Waals surface area contributed by atoms with Gasteiger partial charge in [0.25, 0.3) is 0 Å². The highest BCUT2D eigenvalue weighted by Gasteiger charge is 2.20. The summed E-state index contributed by atoms with van der Waals surface area (Å²) in [4.78, 5) is 25.6. The van der Waals surface area contributed by atoms with E-state index in [4.69, 9.17) is 5.11 Å². The minimum atomic E-state index is -0.983. The van der Waals surface area contributed by atoms with Gasteiger partial charge in [0.2, 0.25) is 0 Å². The number of aromatic nitrogens is 1. The van der Waals surface area contributed by atoms with Crippen LogP contribution in [0.2, 0.25) is 0 Å². The van der Waals surface area contributed by atoms with Crippen molar-refractivity contribution in [2.45, 2.75) is 45.1 Å². The Morgan fingerprint density at radius 3 is 2.45 bits per heavy atom. The molecular formula is C23H25NO5. The molecule has 0 saturated heterocycles. The second kappa shape index (κ2) is 8.92. The van der Waals surface area contributed by atoms with Crippen LogP contribution < -0.4 is 0 Å². The monoisotopic (exact) mass is 395 g/mol. The van der Waals surface area contributed by atoms with Crippen LogP contribution in [0.3, 0.4) is 0 Å². The predicted molar refractivity (Wildman–Crippen MR) is 110 cm³/mol. The van der Waals surface area contributed by atoms with E-state index in [1.54, 1.807) is 19.1 Å². The summed E-state index contributed by atoms with van der Waals surface area (Å²) in [7, 11) is 0. The van der Waals surface area contributed by atoms with Gasteiger partial charge in [0, 0.05) is 23.0 Å². The molecule has 3 rings (SSSR count). The van der Waals surface area contributed by atoms with Gasteiger partial charge in [-0.15, -0.1) is 0 Å². The second-order valence-corrected chi connectivity index (χ2v) is 7.32. The van der Waals surface area contributed by atoms with Crippen LogP contribution in [0.1, 0.15) is 58.1 Å². The number of benzene rings is 2. The zero-order valence-corrected chi connectivity index (χ0v) is 16.3. The number of hydrogen-bond acceptors (Lipinski definition) is 3. The highest BCUT2D eigenvalue weighted by Crippen LogP contribution is 2.32. The van der Waals surface area contributed by atoms with Crippen molar-refractivity contribution in [1.82, 2.24) is 4.98 Å². The lowest BCUT2D eigenvalue weighted by atomic mass is 9.96. The first kappa shape index (κ1) is 20.6. The third-order valence-electron chi connectivity index (χ3n) is 5.22. The highest BCUT2D eigenvalue weighted by atomic mass is 16.4. The number of carbonyl (C=O) groups is 2. The molecular weight excluding hydrogens is 370 g/mol. The van der Waals surface area contributed by atoms with Crippen molar-refractivity contribution >= 4 is 22.8 Å². The van der Waals surface area contributed by atoms with Gasteiger partial charge in [-0.25, -0.2) is 4.79 Å². The van der Waals surface area contributed by atoms with Crippen molar-refractivity contribution in [3.8, 4) is 0 Å². The Balaban J connectivity index is 1.98. The summed E-state index contributed by atoms with van der Waals surface area (Å²) in [5.41, 5.74) is 4.34. The van der Waals surface area contributed by atoms with Gasteiger partial charge in [-0.3, -0.25) is 4.79 Å². The maximum absolute atomic E-state index is 11.6. The Kier molecular flexibility index (Phi) is 6.34. The lowest BCUT2D eigenvalue weighted by Crippen LogP contribution is -2.04. The predicted octanol–water partition coefficient (Wildman–Crippen LogP) is 4.25. The van der Waals surface area contributed by atoms with Crippen molar-refractivity contribution in [2.24, 2.45) is 0 Å². The molecule has 0 saturated carbocycles. The van der Waals surface area contributed by atoms with Crippen LogP contribution in [0.25, 0.3) is 10.9 Å². The lowest BCUT2D eigenvalue weighted by Gasteiger charge is -2.12. The number of rotatable bonds is 9. The van der Waals surface area contributed by atoms with E-state index >= 15 is 0 Å². The standard InChI is InChI=1S/C23H25NO5/c1-14-12-19-18(13-17(14)23(28)29)16(11-10-15-6-3-2-4-7-15)22(24-19)20(25)8-5-9-21(26)27/h2-4,6-7,12-13,20,24-25H,5,8-11H2,1H3,(H,26,27)(H,28,29). The molecule has 152 valence electrons. The van der Waals surface area contributed by atoms with Crippen LogP contribution in [0.5, 0.6) is 0 Å². The summed E-state index contributed by atoms with van der Waals surface area (Å²) in [5, 5.41) is 29.8. The SMILES string of the molecule is Cc1cc2[nH]c(C(O)CCCC(=O)O)c(CCc3ccccc3)c2cc1C(=O)O. The molecule has 2 aromatic carbocycles. The summed E-state index contributed by atoms with van der Waals surface area (Å²) >= 11 is 0.